The number of halogens is 1. The summed E-state index contributed by atoms with van der Waals surface area (Å²) in [4.78, 5) is 12.1. The number of carbonyl (C=O) groups excluding carboxylic acids is 1. The van der Waals surface area contributed by atoms with Gasteiger partial charge in [0.2, 0.25) is 0 Å². The van der Waals surface area contributed by atoms with Crippen LogP contribution in [-0.4, -0.2) is 30.5 Å². The van der Waals surface area contributed by atoms with Crippen LogP contribution in [0.25, 0.3) is 0 Å². The summed E-state index contributed by atoms with van der Waals surface area (Å²) in [5.41, 5.74) is 0.606. The number of benzene rings is 1. The van der Waals surface area contributed by atoms with Crippen molar-refractivity contribution in [3.05, 3.63) is 23.8 Å². The molecule has 0 spiro atoms. The average Bonchev–Trinajstić information content (AvgIpc) is 2.44. The van der Waals surface area contributed by atoms with Crippen molar-refractivity contribution < 1.29 is 14.3 Å². The second-order valence-corrected chi connectivity index (χ2v) is 5.36. The van der Waals surface area contributed by atoms with Gasteiger partial charge in [0.05, 0.1) is 0 Å². The van der Waals surface area contributed by atoms with Crippen molar-refractivity contribution in [1.82, 2.24) is 5.32 Å². The lowest BCUT2D eigenvalue weighted by molar-refractivity contribution is 0.0937. The first-order valence-corrected chi connectivity index (χ1v) is 7.59. The van der Waals surface area contributed by atoms with Gasteiger partial charge in [0, 0.05) is 16.9 Å². The lowest BCUT2D eigenvalue weighted by atomic mass is 10.1. The van der Waals surface area contributed by atoms with E-state index in [1.165, 1.54) is 0 Å². The van der Waals surface area contributed by atoms with E-state index in [0.29, 0.717) is 30.3 Å². The Morgan fingerprint density at radius 1 is 1.37 bits per heavy atom. The summed E-state index contributed by atoms with van der Waals surface area (Å²) >= 11 is 3.39. The maximum atomic E-state index is 12.1. The molecule has 104 valence electrons. The molecule has 0 bridgehead atoms. The van der Waals surface area contributed by atoms with Crippen LogP contribution in [0.1, 0.15) is 30.1 Å². The van der Waals surface area contributed by atoms with Crippen LogP contribution in [-0.2, 0) is 0 Å². The maximum absolute atomic E-state index is 12.1. The van der Waals surface area contributed by atoms with Gasteiger partial charge in [0.25, 0.3) is 5.91 Å². The molecule has 0 radical (unpaired) electrons. The van der Waals surface area contributed by atoms with Gasteiger partial charge in [-0.1, -0.05) is 15.9 Å². The number of alkyl halides is 1. The summed E-state index contributed by atoms with van der Waals surface area (Å²) in [6.07, 6.45) is 2.00. The fourth-order valence-electron chi connectivity index (χ4n) is 1.95. The Morgan fingerprint density at radius 3 is 2.84 bits per heavy atom. The second kappa shape index (κ2) is 6.80. The Hall–Kier alpha value is -1.23. The Balaban J connectivity index is 1.99. The van der Waals surface area contributed by atoms with Crippen LogP contribution in [0.4, 0.5) is 0 Å². The lowest BCUT2D eigenvalue weighted by Crippen LogP contribution is -2.32. The molecule has 0 saturated heterocycles. The number of amides is 1. The summed E-state index contributed by atoms with van der Waals surface area (Å²) < 4.78 is 10.9. The number of rotatable bonds is 5. The standard InChI is InChI=1S/C14H18BrNO3/c1-10(3-2-6-15)16-14(17)11-4-5-12-13(9-11)19-8-7-18-12/h4-5,9-10H,2-3,6-8H2,1H3,(H,16,17). The zero-order valence-electron chi connectivity index (χ0n) is 10.9. The van der Waals surface area contributed by atoms with Crippen molar-refractivity contribution in [3.63, 3.8) is 0 Å². The van der Waals surface area contributed by atoms with E-state index < -0.39 is 0 Å². The molecule has 1 unspecified atom stereocenters. The normalized spacial score (nSPS) is 14.8. The minimum atomic E-state index is -0.0703. The number of hydrogen-bond donors (Lipinski definition) is 1. The zero-order valence-corrected chi connectivity index (χ0v) is 12.5. The molecular formula is C14H18BrNO3. The summed E-state index contributed by atoms with van der Waals surface area (Å²) in [5.74, 6) is 1.28. The summed E-state index contributed by atoms with van der Waals surface area (Å²) in [6, 6.07) is 5.45. The third-order valence-corrected chi connectivity index (χ3v) is 3.51. The molecule has 1 heterocycles. The summed E-state index contributed by atoms with van der Waals surface area (Å²) in [5, 5.41) is 3.94. The van der Waals surface area contributed by atoms with Gasteiger partial charge in [0.15, 0.2) is 11.5 Å². The first-order valence-electron chi connectivity index (χ1n) is 6.47. The van der Waals surface area contributed by atoms with Crippen LogP contribution in [0.3, 0.4) is 0 Å². The van der Waals surface area contributed by atoms with Crippen LogP contribution >= 0.6 is 15.9 Å². The molecule has 0 aliphatic carbocycles. The molecule has 19 heavy (non-hydrogen) atoms. The predicted molar refractivity (Wildman–Crippen MR) is 77.4 cm³/mol. The molecule has 1 aliphatic rings. The number of fused-ring (bicyclic) bond motifs is 1. The SMILES string of the molecule is CC(CCCBr)NC(=O)c1ccc2c(c1)OCCO2. The highest BCUT2D eigenvalue weighted by molar-refractivity contribution is 9.09. The van der Waals surface area contributed by atoms with Crippen LogP contribution in [0, 0.1) is 0 Å². The van der Waals surface area contributed by atoms with E-state index in [4.69, 9.17) is 9.47 Å². The smallest absolute Gasteiger partial charge is 0.251 e. The number of nitrogens with one attached hydrogen (secondary N) is 1. The van der Waals surface area contributed by atoms with E-state index in [1.807, 2.05) is 6.92 Å². The molecule has 1 atom stereocenters. The molecule has 5 heteroatoms. The van der Waals surface area contributed by atoms with E-state index in [9.17, 15) is 4.79 Å². The van der Waals surface area contributed by atoms with Gasteiger partial charge in [-0.05, 0) is 38.0 Å². The lowest BCUT2D eigenvalue weighted by Gasteiger charge is -2.19. The molecule has 0 fully saturated rings. The van der Waals surface area contributed by atoms with Gasteiger partial charge in [0.1, 0.15) is 13.2 Å². The number of hydrogen-bond acceptors (Lipinski definition) is 3. The van der Waals surface area contributed by atoms with Crippen molar-refractivity contribution in [2.45, 2.75) is 25.8 Å². The fraction of sp³-hybridized carbons (Fsp3) is 0.500. The topological polar surface area (TPSA) is 47.6 Å². The first kappa shape index (κ1) is 14.2. The van der Waals surface area contributed by atoms with Gasteiger partial charge in [-0.3, -0.25) is 4.79 Å². The van der Waals surface area contributed by atoms with Crippen molar-refractivity contribution in [2.75, 3.05) is 18.5 Å². The number of carbonyl (C=O) groups is 1. The van der Waals surface area contributed by atoms with Crippen molar-refractivity contribution in [3.8, 4) is 11.5 Å². The molecule has 1 aromatic rings. The maximum Gasteiger partial charge on any atom is 0.251 e. The Bertz CT molecular complexity index is 450. The van der Waals surface area contributed by atoms with Crippen molar-refractivity contribution in [2.24, 2.45) is 0 Å². The van der Waals surface area contributed by atoms with E-state index in [2.05, 4.69) is 21.2 Å². The molecular weight excluding hydrogens is 310 g/mol. The van der Waals surface area contributed by atoms with Crippen molar-refractivity contribution >= 4 is 21.8 Å². The van der Waals surface area contributed by atoms with E-state index in [0.717, 1.165) is 18.2 Å². The number of ether oxygens (including phenoxy) is 2. The first-order chi connectivity index (χ1) is 9.20. The predicted octanol–water partition coefficient (Wildman–Crippen LogP) is 2.75. The van der Waals surface area contributed by atoms with Crippen LogP contribution < -0.4 is 14.8 Å². The van der Waals surface area contributed by atoms with E-state index >= 15 is 0 Å². The fourth-order valence-corrected chi connectivity index (χ4v) is 2.27. The minimum Gasteiger partial charge on any atom is -0.486 e. The van der Waals surface area contributed by atoms with Gasteiger partial charge < -0.3 is 14.8 Å². The molecule has 1 amide bonds. The molecule has 1 aromatic carbocycles. The molecule has 2 rings (SSSR count). The second-order valence-electron chi connectivity index (χ2n) is 4.56. The largest absolute Gasteiger partial charge is 0.486 e. The third kappa shape index (κ3) is 3.86. The van der Waals surface area contributed by atoms with Gasteiger partial charge >= 0.3 is 0 Å². The highest BCUT2D eigenvalue weighted by Crippen LogP contribution is 2.30. The Kier molecular flexibility index (Phi) is 5.07. The molecule has 1 aliphatic heterocycles. The van der Waals surface area contributed by atoms with E-state index in [-0.39, 0.29) is 11.9 Å². The van der Waals surface area contributed by atoms with Gasteiger partial charge in [-0.25, -0.2) is 0 Å². The van der Waals surface area contributed by atoms with Crippen LogP contribution in [0.15, 0.2) is 18.2 Å². The van der Waals surface area contributed by atoms with E-state index in [1.54, 1.807) is 18.2 Å². The van der Waals surface area contributed by atoms with Crippen molar-refractivity contribution in [1.29, 1.82) is 0 Å². The molecule has 1 N–H and O–H groups in total. The highest BCUT2D eigenvalue weighted by Gasteiger charge is 2.15. The molecule has 0 aromatic heterocycles. The van der Waals surface area contributed by atoms with Gasteiger partial charge in [-0.2, -0.15) is 0 Å². The Morgan fingerprint density at radius 2 is 2.11 bits per heavy atom. The van der Waals surface area contributed by atoms with Crippen LogP contribution in [0.2, 0.25) is 0 Å². The van der Waals surface area contributed by atoms with Gasteiger partial charge in [-0.15, -0.1) is 0 Å². The summed E-state index contributed by atoms with van der Waals surface area (Å²) in [6.45, 7) is 3.10. The molecule has 4 nitrogen and oxygen atoms in total. The summed E-state index contributed by atoms with van der Waals surface area (Å²) in [7, 11) is 0. The minimum absolute atomic E-state index is 0.0703. The molecule has 0 saturated carbocycles. The third-order valence-electron chi connectivity index (χ3n) is 2.95. The Labute approximate surface area is 121 Å². The highest BCUT2D eigenvalue weighted by atomic mass is 79.9. The van der Waals surface area contributed by atoms with Crippen LogP contribution in [0.5, 0.6) is 11.5 Å². The quantitative estimate of drug-likeness (QED) is 0.846. The monoisotopic (exact) mass is 327 g/mol. The zero-order chi connectivity index (χ0) is 13.7. The average molecular weight is 328 g/mol.